The minimum Gasteiger partial charge on any atom is -0.480 e. The van der Waals surface area contributed by atoms with Crippen LogP contribution in [-0.2, 0) is 20.8 Å². The van der Waals surface area contributed by atoms with Crippen LogP contribution in [0, 0.1) is 0 Å². The standard InChI is InChI=1S/C19H18N2O4S/c1-12(22)20-14-7-8-15-16(10-14)26-17(9-13-5-3-2-4-6-13)19(25)21(15)11-18(23)24/h2-8,10,17H,9,11H2,1H3,(H,20,22)(H,23,24). The summed E-state index contributed by atoms with van der Waals surface area (Å²) >= 11 is 1.40. The molecule has 1 atom stereocenters. The third-order valence-electron chi connectivity index (χ3n) is 3.94. The summed E-state index contributed by atoms with van der Waals surface area (Å²) < 4.78 is 0. The van der Waals surface area contributed by atoms with Crippen LogP contribution in [-0.4, -0.2) is 34.7 Å². The lowest BCUT2D eigenvalue weighted by Crippen LogP contribution is -2.44. The molecule has 2 aromatic carbocycles. The number of hydrogen-bond acceptors (Lipinski definition) is 4. The zero-order valence-corrected chi connectivity index (χ0v) is 15.0. The average molecular weight is 370 g/mol. The largest absolute Gasteiger partial charge is 0.480 e. The average Bonchev–Trinajstić information content (AvgIpc) is 2.58. The Kier molecular flexibility index (Phi) is 5.27. The van der Waals surface area contributed by atoms with Gasteiger partial charge in [-0.05, 0) is 30.2 Å². The van der Waals surface area contributed by atoms with Gasteiger partial charge in [-0.2, -0.15) is 0 Å². The number of aliphatic carboxylic acids is 1. The predicted molar refractivity (Wildman–Crippen MR) is 101 cm³/mol. The number of thioether (sulfide) groups is 1. The van der Waals surface area contributed by atoms with Crippen LogP contribution in [0.2, 0.25) is 0 Å². The minimum absolute atomic E-state index is 0.190. The second-order valence-electron chi connectivity index (χ2n) is 5.98. The highest BCUT2D eigenvalue weighted by molar-refractivity contribution is 8.01. The number of carbonyl (C=O) groups is 3. The number of nitrogens with zero attached hydrogens (tertiary/aromatic N) is 1. The van der Waals surface area contributed by atoms with Gasteiger partial charge in [-0.3, -0.25) is 19.3 Å². The summed E-state index contributed by atoms with van der Waals surface area (Å²) in [6.07, 6.45) is 0.504. The normalized spacial score (nSPS) is 16.1. The summed E-state index contributed by atoms with van der Waals surface area (Å²) in [5.74, 6) is -1.48. The first-order valence-corrected chi connectivity index (χ1v) is 8.97. The van der Waals surface area contributed by atoms with Gasteiger partial charge in [-0.25, -0.2) is 0 Å². The van der Waals surface area contributed by atoms with E-state index in [-0.39, 0.29) is 11.8 Å². The van der Waals surface area contributed by atoms with Crippen LogP contribution in [0.1, 0.15) is 12.5 Å². The molecular formula is C19H18N2O4S. The molecule has 134 valence electrons. The van der Waals surface area contributed by atoms with E-state index in [2.05, 4.69) is 5.32 Å². The molecule has 26 heavy (non-hydrogen) atoms. The number of carboxylic acids is 1. The van der Waals surface area contributed by atoms with Crippen LogP contribution < -0.4 is 10.2 Å². The van der Waals surface area contributed by atoms with Crippen LogP contribution in [0.25, 0.3) is 0 Å². The van der Waals surface area contributed by atoms with Crippen LogP contribution >= 0.6 is 11.8 Å². The van der Waals surface area contributed by atoms with Crippen molar-refractivity contribution in [1.82, 2.24) is 0 Å². The summed E-state index contributed by atoms with van der Waals surface area (Å²) in [5, 5.41) is 11.5. The molecule has 0 saturated carbocycles. The Labute approximate surface area is 155 Å². The molecular weight excluding hydrogens is 352 g/mol. The maximum atomic E-state index is 12.9. The van der Waals surface area contributed by atoms with Gasteiger partial charge in [0.2, 0.25) is 11.8 Å². The van der Waals surface area contributed by atoms with Crippen molar-refractivity contribution in [3.05, 3.63) is 54.1 Å². The monoisotopic (exact) mass is 370 g/mol. The van der Waals surface area contributed by atoms with E-state index in [0.29, 0.717) is 17.8 Å². The fourth-order valence-corrected chi connectivity index (χ4v) is 4.17. The number of benzene rings is 2. The van der Waals surface area contributed by atoms with Crippen molar-refractivity contribution in [3.63, 3.8) is 0 Å². The van der Waals surface area contributed by atoms with Crippen LogP contribution in [0.3, 0.4) is 0 Å². The third-order valence-corrected chi connectivity index (χ3v) is 5.17. The van der Waals surface area contributed by atoms with E-state index in [1.807, 2.05) is 30.3 Å². The minimum atomic E-state index is -1.07. The van der Waals surface area contributed by atoms with Gasteiger partial charge in [0.1, 0.15) is 6.54 Å². The summed E-state index contributed by atoms with van der Waals surface area (Å²) in [6, 6.07) is 14.7. The molecule has 2 N–H and O–H groups in total. The number of carboxylic acid groups (broad SMARTS) is 1. The van der Waals surface area contributed by atoms with Crippen molar-refractivity contribution >= 4 is 40.9 Å². The SMILES string of the molecule is CC(=O)Nc1ccc2c(c1)SC(Cc1ccccc1)C(=O)N2CC(=O)O. The highest BCUT2D eigenvalue weighted by Crippen LogP contribution is 2.41. The quantitative estimate of drug-likeness (QED) is 0.845. The number of fused-ring (bicyclic) bond motifs is 1. The van der Waals surface area contributed by atoms with E-state index in [4.69, 9.17) is 0 Å². The van der Waals surface area contributed by atoms with Crippen molar-refractivity contribution < 1.29 is 19.5 Å². The first-order valence-electron chi connectivity index (χ1n) is 8.09. The fourth-order valence-electron chi connectivity index (χ4n) is 2.86. The zero-order chi connectivity index (χ0) is 18.7. The molecule has 0 bridgehead atoms. The Morgan fingerprint density at radius 1 is 1.19 bits per heavy atom. The van der Waals surface area contributed by atoms with Crippen molar-refractivity contribution in [2.75, 3.05) is 16.8 Å². The van der Waals surface area contributed by atoms with Gasteiger partial charge in [0.05, 0.1) is 10.9 Å². The molecule has 3 rings (SSSR count). The third kappa shape index (κ3) is 4.05. The van der Waals surface area contributed by atoms with Gasteiger partial charge in [-0.15, -0.1) is 11.8 Å². The number of nitrogens with one attached hydrogen (secondary N) is 1. The molecule has 0 radical (unpaired) electrons. The smallest absolute Gasteiger partial charge is 0.323 e. The zero-order valence-electron chi connectivity index (χ0n) is 14.1. The fraction of sp³-hybridized carbons (Fsp3) is 0.211. The van der Waals surface area contributed by atoms with E-state index in [0.717, 1.165) is 10.5 Å². The molecule has 2 aromatic rings. The van der Waals surface area contributed by atoms with Gasteiger partial charge in [0.15, 0.2) is 0 Å². The molecule has 0 saturated heterocycles. The number of rotatable bonds is 5. The van der Waals surface area contributed by atoms with E-state index in [1.165, 1.54) is 23.6 Å². The van der Waals surface area contributed by atoms with Gasteiger partial charge in [-0.1, -0.05) is 30.3 Å². The van der Waals surface area contributed by atoms with Gasteiger partial charge < -0.3 is 10.4 Å². The number of amides is 2. The Morgan fingerprint density at radius 2 is 1.92 bits per heavy atom. The Hall–Kier alpha value is -2.80. The molecule has 1 unspecified atom stereocenters. The van der Waals surface area contributed by atoms with E-state index < -0.39 is 17.8 Å². The molecule has 7 heteroatoms. The molecule has 0 aliphatic carbocycles. The first kappa shape index (κ1) is 18.0. The molecule has 0 fully saturated rings. The van der Waals surface area contributed by atoms with Crippen LogP contribution in [0.5, 0.6) is 0 Å². The van der Waals surface area contributed by atoms with Crippen molar-refractivity contribution in [2.45, 2.75) is 23.5 Å². The molecule has 0 aromatic heterocycles. The first-order chi connectivity index (χ1) is 12.4. The van der Waals surface area contributed by atoms with E-state index >= 15 is 0 Å². The van der Waals surface area contributed by atoms with Gasteiger partial charge in [0.25, 0.3) is 0 Å². The van der Waals surface area contributed by atoms with E-state index in [1.54, 1.807) is 18.2 Å². The molecule has 1 heterocycles. The topological polar surface area (TPSA) is 86.7 Å². The van der Waals surface area contributed by atoms with Crippen molar-refractivity contribution in [1.29, 1.82) is 0 Å². The molecule has 2 amide bonds. The Balaban J connectivity index is 1.94. The van der Waals surface area contributed by atoms with Crippen molar-refractivity contribution in [2.24, 2.45) is 0 Å². The Morgan fingerprint density at radius 3 is 2.58 bits per heavy atom. The lowest BCUT2D eigenvalue weighted by Gasteiger charge is -2.33. The molecule has 1 aliphatic heterocycles. The highest BCUT2D eigenvalue weighted by Gasteiger charge is 2.34. The summed E-state index contributed by atoms with van der Waals surface area (Å²) in [6.45, 7) is 1.03. The summed E-state index contributed by atoms with van der Waals surface area (Å²) in [5.41, 5.74) is 2.18. The molecule has 1 aliphatic rings. The lowest BCUT2D eigenvalue weighted by atomic mass is 10.1. The van der Waals surface area contributed by atoms with Gasteiger partial charge >= 0.3 is 5.97 Å². The second kappa shape index (κ2) is 7.61. The van der Waals surface area contributed by atoms with Crippen molar-refractivity contribution in [3.8, 4) is 0 Å². The van der Waals surface area contributed by atoms with Crippen LogP contribution in [0.15, 0.2) is 53.4 Å². The highest BCUT2D eigenvalue weighted by atomic mass is 32.2. The summed E-state index contributed by atoms with van der Waals surface area (Å²) in [4.78, 5) is 37.5. The van der Waals surface area contributed by atoms with E-state index in [9.17, 15) is 19.5 Å². The van der Waals surface area contributed by atoms with Crippen LogP contribution in [0.4, 0.5) is 11.4 Å². The maximum Gasteiger partial charge on any atom is 0.323 e. The number of anilines is 2. The molecule has 0 spiro atoms. The number of carbonyl (C=O) groups excluding carboxylic acids is 2. The number of hydrogen-bond donors (Lipinski definition) is 2. The predicted octanol–water partition coefficient (Wildman–Crippen LogP) is 2.78. The summed E-state index contributed by atoms with van der Waals surface area (Å²) in [7, 11) is 0. The second-order valence-corrected chi connectivity index (χ2v) is 7.22. The Bertz CT molecular complexity index is 854. The molecule has 6 nitrogen and oxygen atoms in total. The van der Waals surface area contributed by atoms with Gasteiger partial charge in [0, 0.05) is 17.5 Å². The maximum absolute atomic E-state index is 12.9. The lowest BCUT2D eigenvalue weighted by molar-refractivity contribution is -0.136.